The Morgan fingerprint density at radius 3 is 1.20 bits per heavy atom. The zero-order chi connectivity index (χ0) is 23.5. The van der Waals surface area contributed by atoms with Gasteiger partial charge in [0.15, 0.2) is 0 Å². The molecule has 0 spiro atoms. The quantitative estimate of drug-likeness (QED) is 0.254. The number of hydrogen-bond acceptors (Lipinski definition) is 0. The van der Waals surface area contributed by atoms with Crippen LogP contribution < -0.4 is 0 Å². The maximum absolute atomic E-state index is 4.09. The fourth-order valence-corrected chi connectivity index (χ4v) is 5.28. The molecule has 0 bridgehead atoms. The molecule has 0 saturated carbocycles. The van der Waals surface area contributed by atoms with E-state index in [4.69, 9.17) is 0 Å². The normalized spacial score (nSPS) is 14.6. The molecule has 0 heteroatoms. The highest BCUT2D eigenvalue weighted by atomic mass is 14.5. The molecule has 0 heterocycles. The van der Waals surface area contributed by atoms with Crippen molar-refractivity contribution in [2.24, 2.45) is 0 Å². The molecule has 0 aliphatic heterocycles. The van der Waals surface area contributed by atoms with E-state index in [1.165, 1.54) is 39.0 Å². The lowest BCUT2D eigenvalue weighted by molar-refractivity contribution is 0.828. The molecule has 1 aliphatic carbocycles. The van der Waals surface area contributed by atoms with E-state index < -0.39 is 5.41 Å². The van der Waals surface area contributed by atoms with Crippen LogP contribution in [0.2, 0.25) is 0 Å². The van der Waals surface area contributed by atoms with Crippen LogP contribution in [0.15, 0.2) is 152 Å². The van der Waals surface area contributed by atoms with Crippen LogP contribution in [-0.2, 0) is 5.41 Å². The highest BCUT2D eigenvalue weighted by Crippen LogP contribution is 2.57. The van der Waals surface area contributed by atoms with Gasteiger partial charge in [-0.2, -0.15) is 0 Å². The lowest BCUT2D eigenvalue weighted by atomic mass is 9.68. The number of benzene rings is 5. The maximum Gasteiger partial charge on any atom is 0.0723 e. The first-order valence-electron chi connectivity index (χ1n) is 12.1. The zero-order valence-corrected chi connectivity index (χ0v) is 19.4. The van der Waals surface area contributed by atoms with Gasteiger partial charge in [-0.15, -0.1) is 0 Å². The molecule has 0 amide bonds. The Morgan fingerprint density at radius 1 is 0.371 bits per heavy atom. The third-order valence-electron chi connectivity index (χ3n) is 6.79. The molecule has 35 heavy (non-hydrogen) atoms. The first-order chi connectivity index (χ1) is 17.4. The van der Waals surface area contributed by atoms with Crippen LogP contribution in [0.4, 0.5) is 0 Å². The number of allylic oxidation sites excluding steroid dienone is 4. The summed E-state index contributed by atoms with van der Waals surface area (Å²) < 4.78 is 0. The van der Waals surface area contributed by atoms with Gasteiger partial charge in [-0.1, -0.05) is 152 Å². The summed E-state index contributed by atoms with van der Waals surface area (Å²) in [6.07, 6.45) is 4.09. The predicted molar refractivity (Wildman–Crippen MR) is 146 cm³/mol. The molecule has 0 fully saturated rings. The van der Waals surface area contributed by atoms with Crippen LogP contribution in [0.5, 0.6) is 0 Å². The van der Waals surface area contributed by atoms with Crippen molar-refractivity contribution >= 4 is 16.7 Å². The Kier molecular flexibility index (Phi) is 5.48. The Bertz CT molecular complexity index is 1440. The van der Waals surface area contributed by atoms with Gasteiger partial charge >= 0.3 is 0 Å². The van der Waals surface area contributed by atoms with Crippen molar-refractivity contribution in [1.29, 1.82) is 0 Å². The summed E-state index contributed by atoms with van der Waals surface area (Å²) in [5.41, 5.74) is 9.09. The summed E-state index contributed by atoms with van der Waals surface area (Å²) in [5.74, 6) is 0. The topological polar surface area (TPSA) is 0 Å². The lowest BCUT2D eigenvalue weighted by Gasteiger charge is -2.33. The van der Waals surface area contributed by atoms with Gasteiger partial charge in [-0.25, -0.2) is 0 Å². The molecule has 0 unspecified atom stereocenters. The largest absolute Gasteiger partial charge is 0.0723 e. The summed E-state index contributed by atoms with van der Waals surface area (Å²) in [5, 5.41) is 0. The van der Waals surface area contributed by atoms with E-state index in [0.717, 1.165) is 5.57 Å². The van der Waals surface area contributed by atoms with Gasteiger partial charge in [-0.05, 0) is 50.6 Å². The minimum atomic E-state index is -0.555. The van der Waals surface area contributed by atoms with Crippen LogP contribution >= 0.6 is 0 Å². The summed E-state index contributed by atoms with van der Waals surface area (Å²) in [6.45, 7) is 0. The SMILES string of the molecule is [C]1=C(c2ccccc2)C(c2ccccc2)=C(c2ccccc2)C1(c1ccccc1)c1ccccc1. The van der Waals surface area contributed by atoms with Crippen molar-refractivity contribution in [2.75, 3.05) is 0 Å². The number of hydrogen-bond donors (Lipinski definition) is 0. The Balaban J connectivity index is 1.80. The molecular weight excluding hydrogens is 420 g/mol. The van der Waals surface area contributed by atoms with E-state index in [1.807, 2.05) is 0 Å². The van der Waals surface area contributed by atoms with Crippen LogP contribution in [0.3, 0.4) is 0 Å². The highest BCUT2D eigenvalue weighted by molar-refractivity contribution is 6.21. The van der Waals surface area contributed by atoms with Crippen molar-refractivity contribution in [3.63, 3.8) is 0 Å². The molecule has 165 valence electrons. The van der Waals surface area contributed by atoms with E-state index in [-0.39, 0.29) is 0 Å². The highest BCUT2D eigenvalue weighted by Gasteiger charge is 2.45. The zero-order valence-electron chi connectivity index (χ0n) is 19.4. The average molecular weight is 446 g/mol. The minimum Gasteiger partial charge on any atom is -0.0622 e. The standard InChI is InChI=1S/C35H25/c1-6-16-27(17-7-1)32-26-35(30-22-12-4-13-23-30,31-24-14-5-15-25-31)34(29-20-10-3-11-21-29)33(32)28-18-8-2-9-19-28/h1-25H. The maximum atomic E-state index is 4.09. The van der Waals surface area contributed by atoms with Crippen molar-refractivity contribution in [2.45, 2.75) is 5.41 Å². The van der Waals surface area contributed by atoms with Crippen LogP contribution in [0.1, 0.15) is 27.8 Å². The molecule has 0 nitrogen and oxygen atoms in total. The van der Waals surface area contributed by atoms with E-state index in [9.17, 15) is 0 Å². The van der Waals surface area contributed by atoms with Crippen molar-refractivity contribution in [1.82, 2.24) is 0 Å². The Hall–Kier alpha value is -4.42. The van der Waals surface area contributed by atoms with E-state index in [0.29, 0.717) is 0 Å². The molecule has 6 rings (SSSR count). The predicted octanol–water partition coefficient (Wildman–Crippen LogP) is 8.48. The van der Waals surface area contributed by atoms with Crippen molar-refractivity contribution in [3.05, 3.63) is 186 Å². The summed E-state index contributed by atoms with van der Waals surface area (Å²) in [4.78, 5) is 0. The molecule has 1 aliphatic rings. The minimum absolute atomic E-state index is 0.555. The van der Waals surface area contributed by atoms with Gasteiger partial charge < -0.3 is 0 Å². The first kappa shape index (κ1) is 21.1. The molecular formula is C35H25. The Labute approximate surface area is 207 Å². The molecule has 1 radical (unpaired) electrons. The van der Waals surface area contributed by atoms with Gasteiger partial charge in [0.1, 0.15) is 0 Å². The monoisotopic (exact) mass is 445 g/mol. The Morgan fingerprint density at radius 2 is 0.743 bits per heavy atom. The average Bonchev–Trinajstić information content (AvgIpc) is 3.33. The third kappa shape index (κ3) is 3.64. The first-order valence-corrected chi connectivity index (χ1v) is 12.1. The van der Waals surface area contributed by atoms with E-state index in [2.05, 4.69) is 158 Å². The summed E-state index contributed by atoms with van der Waals surface area (Å²) in [6, 6.07) is 53.9. The van der Waals surface area contributed by atoms with Crippen LogP contribution in [-0.4, -0.2) is 0 Å². The second-order valence-corrected chi connectivity index (χ2v) is 8.83. The second-order valence-electron chi connectivity index (χ2n) is 8.83. The van der Waals surface area contributed by atoms with Gasteiger partial charge in [0.25, 0.3) is 0 Å². The van der Waals surface area contributed by atoms with Crippen LogP contribution in [0.25, 0.3) is 16.7 Å². The van der Waals surface area contributed by atoms with Gasteiger partial charge in [0.2, 0.25) is 0 Å². The molecule has 0 aromatic heterocycles. The molecule has 5 aromatic carbocycles. The van der Waals surface area contributed by atoms with Gasteiger partial charge in [-0.3, -0.25) is 0 Å². The van der Waals surface area contributed by atoms with Gasteiger partial charge in [0.05, 0.1) is 5.41 Å². The molecule has 0 saturated heterocycles. The molecule has 0 atom stereocenters. The van der Waals surface area contributed by atoms with Gasteiger partial charge in [0, 0.05) is 0 Å². The fraction of sp³-hybridized carbons (Fsp3) is 0.0286. The summed E-state index contributed by atoms with van der Waals surface area (Å²) in [7, 11) is 0. The third-order valence-corrected chi connectivity index (χ3v) is 6.79. The molecule has 5 aromatic rings. The van der Waals surface area contributed by atoms with E-state index in [1.54, 1.807) is 0 Å². The smallest absolute Gasteiger partial charge is 0.0622 e. The number of rotatable bonds is 5. The van der Waals surface area contributed by atoms with Crippen molar-refractivity contribution < 1.29 is 0 Å². The van der Waals surface area contributed by atoms with E-state index >= 15 is 0 Å². The van der Waals surface area contributed by atoms with Crippen molar-refractivity contribution in [3.8, 4) is 0 Å². The summed E-state index contributed by atoms with van der Waals surface area (Å²) >= 11 is 0. The fourth-order valence-electron chi connectivity index (χ4n) is 5.28. The van der Waals surface area contributed by atoms with Crippen LogP contribution in [0, 0.1) is 6.08 Å². The second kappa shape index (κ2) is 9.08. The molecule has 0 N–H and O–H groups in total. The lowest BCUT2D eigenvalue weighted by Crippen LogP contribution is -2.26.